The van der Waals surface area contributed by atoms with E-state index in [2.05, 4.69) is 17.2 Å². The molecule has 1 atom stereocenters. The maximum atomic E-state index is 12.8. The number of para-hydroxylation sites is 1. The van der Waals surface area contributed by atoms with Crippen LogP contribution in [-0.2, 0) is 14.8 Å². The van der Waals surface area contributed by atoms with E-state index in [4.69, 9.17) is 4.74 Å². The van der Waals surface area contributed by atoms with Crippen LogP contribution in [0, 0.1) is 0 Å². The molecule has 1 heterocycles. The summed E-state index contributed by atoms with van der Waals surface area (Å²) in [5.74, 6) is 0.316. The Hall–Kier alpha value is -1.60. The van der Waals surface area contributed by atoms with E-state index in [0.717, 1.165) is 12.8 Å². The number of hydrogen-bond acceptors (Lipinski definition) is 4. The molecule has 0 saturated carbocycles. The van der Waals surface area contributed by atoms with Gasteiger partial charge in [0.15, 0.2) is 0 Å². The van der Waals surface area contributed by atoms with Gasteiger partial charge in [-0.25, -0.2) is 12.7 Å². The number of sulfonamides is 1. The average Bonchev–Trinajstić information content (AvgIpc) is 2.46. The summed E-state index contributed by atoms with van der Waals surface area (Å²) in [5, 5.41) is 3.09. The lowest BCUT2D eigenvalue weighted by Gasteiger charge is -2.34. The molecule has 0 spiro atoms. The third-order valence-electron chi connectivity index (χ3n) is 3.32. The van der Waals surface area contributed by atoms with E-state index in [1.165, 1.54) is 11.4 Å². The van der Waals surface area contributed by atoms with Gasteiger partial charge in [0.05, 0.1) is 5.69 Å². The Labute approximate surface area is 125 Å². The van der Waals surface area contributed by atoms with Crippen molar-refractivity contribution in [2.45, 2.75) is 37.8 Å². The van der Waals surface area contributed by atoms with Crippen LogP contribution in [0.15, 0.2) is 34.2 Å². The molecule has 1 aliphatic rings. The van der Waals surface area contributed by atoms with E-state index in [1.54, 1.807) is 31.2 Å². The minimum Gasteiger partial charge on any atom is -0.361 e. The predicted octanol–water partition coefficient (Wildman–Crippen LogP) is 2.25. The van der Waals surface area contributed by atoms with Gasteiger partial charge in [0.25, 0.3) is 10.0 Å². The van der Waals surface area contributed by atoms with Gasteiger partial charge in [0.2, 0.25) is 5.96 Å². The van der Waals surface area contributed by atoms with Crippen molar-refractivity contribution in [2.24, 2.45) is 4.99 Å². The van der Waals surface area contributed by atoms with Crippen molar-refractivity contribution in [1.29, 1.82) is 0 Å². The fourth-order valence-electron chi connectivity index (χ4n) is 2.11. The molecule has 0 saturated heterocycles. The number of rotatable bonds is 5. The summed E-state index contributed by atoms with van der Waals surface area (Å²) in [6.45, 7) is 4.32. The molecule has 0 aliphatic carbocycles. The van der Waals surface area contributed by atoms with Crippen LogP contribution in [0.1, 0.15) is 26.7 Å². The average molecular weight is 311 g/mol. The van der Waals surface area contributed by atoms with Crippen molar-refractivity contribution in [1.82, 2.24) is 4.31 Å². The van der Waals surface area contributed by atoms with Gasteiger partial charge in [0, 0.05) is 13.7 Å². The molecule has 0 bridgehead atoms. The Balaban J connectivity index is 2.49. The summed E-state index contributed by atoms with van der Waals surface area (Å²) in [7, 11) is -2.19. The number of ether oxygens (including phenoxy) is 1. The van der Waals surface area contributed by atoms with Crippen molar-refractivity contribution >= 4 is 21.7 Å². The second kappa shape index (κ2) is 6.44. The molecule has 0 amide bonds. The fraction of sp³-hybridized carbons (Fsp3) is 0.500. The minimum absolute atomic E-state index is 0.239. The third kappa shape index (κ3) is 3.03. The van der Waals surface area contributed by atoms with E-state index < -0.39 is 16.3 Å². The number of nitrogens with one attached hydrogen (secondary N) is 1. The number of unbranched alkanes of at least 4 members (excludes halogenated alkanes) is 1. The molecule has 1 unspecified atom stereocenters. The number of anilines is 1. The van der Waals surface area contributed by atoms with Crippen molar-refractivity contribution in [3.63, 3.8) is 0 Å². The van der Waals surface area contributed by atoms with Crippen molar-refractivity contribution in [2.75, 3.05) is 19.0 Å². The molecule has 1 aromatic rings. The molecule has 21 heavy (non-hydrogen) atoms. The van der Waals surface area contributed by atoms with E-state index >= 15 is 0 Å². The highest BCUT2D eigenvalue weighted by Crippen LogP contribution is 2.31. The van der Waals surface area contributed by atoms with Crippen LogP contribution >= 0.6 is 0 Å². The number of fused-ring (bicyclic) bond motifs is 1. The van der Waals surface area contributed by atoms with E-state index in [9.17, 15) is 8.42 Å². The Morgan fingerprint density at radius 3 is 2.76 bits per heavy atom. The zero-order chi connectivity index (χ0) is 15.5. The molecule has 1 aromatic carbocycles. The SMILES string of the molecule is CCCCN=C1Nc2ccccc2S(=O)(=O)N1C(C)OC. The van der Waals surface area contributed by atoms with Crippen LogP contribution in [0.2, 0.25) is 0 Å². The highest BCUT2D eigenvalue weighted by Gasteiger charge is 2.38. The number of nitrogens with zero attached hydrogens (tertiary/aromatic N) is 2. The Kier molecular flexibility index (Phi) is 4.84. The largest absolute Gasteiger partial charge is 0.361 e. The van der Waals surface area contributed by atoms with Gasteiger partial charge in [-0.3, -0.25) is 4.99 Å². The van der Waals surface area contributed by atoms with Crippen LogP contribution in [0.25, 0.3) is 0 Å². The van der Waals surface area contributed by atoms with Gasteiger partial charge in [-0.2, -0.15) is 0 Å². The van der Waals surface area contributed by atoms with Crippen molar-refractivity contribution in [3.05, 3.63) is 24.3 Å². The third-order valence-corrected chi connectivity index (χ3v) is 5.22. The van der Waals surface area contributed by atoms with Gasteiger partial charge in [-0.15, -0.1) is 0 Å². The first-order valence-corrected chi connectivity index (χ1v) is 8.44. The number of hydrogen-bond donors (Lipinski definition) is 1. The molecule has 1 N–H and O–H groups in total. The first-order chi connectivity index (χ1) is 10.0. The molecule has 116 valence electrons. The smallest absolute Gasteiger partial charge is 0.270 e. The topological polar surface area (TPSA) is 71.0 Å². The van der Waals surface area contributed by atoms with E-state index in [-0.39, 0.29) is 4.90 Å². The highest BCUT2D eigenvalue weighted by molar-refractivity contribution is 7.90. The molecule has 6 nitrogen and oxygen atoms in total. The quantitative estimate of drug-likeness (QED) is 0.847. The second-order valence-corrected chi connectivity index (χ2v) is 6.60. The van der Waals surface area contributed by atoms with Gasteiger partial charge in [-0.1, -0.05) is 25.5 Å². The first-order valence-electron chi connectivity index (χ1n) is 7.00. The molecule has 0 radical (unpaired) electrons. The molecular formula is C14H21N3O3S. The fourth-order valence-corrected chi connectivity index (χ4v) is 3.77. The molecule has 0 fully saturated rings. The van der Waals surface area contributed by atoms with Crippen LogP contribution < -0.4 is 5.32 Å². The minimum atomic E-state index is -3.67. The zero-order valence-corrected chi connectivity index (χ0v) is 13.4. The monoisotopic (exact) mass is 311 g/mol. The molecule has 1 aliphatic heterocycles. The maximum Gasteiger partial charge on any atom is 0.270 e. The molecule has 0 aromatic heterocycles. The second-order valence-electron chi connectivity index (χ2n) is 4.82. The lowest BCUT2D eigenvalue weighted by atomic mass is 10.3. The van der Waals surface area contributed by atoms with Gasteiger partial charge in [-0.05, 0) is 25.5 Å². The summed E-state index contributed by atoms with van der Waals surface area (Å²) >= 11 is 0. The number of guanidine groups is 1. The highest BCUT2D eigenvalue weighted by atomic mass is 32.2. The lowest BCUT2D eigenvalue weighted by Crippen LogP contribution is -2.50. The summed E-state index contributed by atoms with van der Waals surface area (Å²) in [6.07, 6.45) is 1.28. The van der Waals surface area contributed by atoms with Gasteiger partial charge in [0.1, 0.15) is 11.1 Å². The Morgan fingerprint density at radius 2 is 2.10 bits per heavy atom. The number of aliphatic imine (C=N–C) groups is 1. The summed E-state index contributed by atoms with van der Waals surface area (Å²) < 4.78 is 31.9. The summed E-state index contributed by atoms with van der Waals surface area (Å²) in [4.78, 5) is 4.63. The Morgan fingerprint density at radius 1 is 1.38 bits per heavy atom. The predicted molar refractivity (Wildman–Crippen MR) is 82.8 cm³/mol. The standard InChI is InChI=1S/C14H21N3O3S/c1-4-5-10-15-14-16-12-8-6-7-9-13(12)21(18,19)17(14)11(2)20-3/h6-9,11H,4-5,10H2,1-3H3,(H,15,16). The van der Waals surface area contributed by atoms with Crippen LogP contribution in [0.3, 0.4) is 0 Å². The normalized spacial score (nSPS) is 20.0. The number of methoxy groups -OCH3 is 1. The van der Waals surface area contributed by atoms with Crippen LogP contribution in [0.5, 0.6) is 0 Å². The van der Waals surface area contributed by atoms with Gasteiger partial charge < -0.3 is 10.1 Å². The molecule has 2 rings (SSSR count). The summed E-state index contributed by atoms with van der Waals surface area (Å²) in [6, 6.07) is 6.81. The lowest BCUT2D eigenvalue weighted by molar-refractivity contribution is 0.0603. The first kappa shape index (κ1) is 15.8. The molecule has 7 heteroatoms. The zero-order valence-electron chi connectivity index (χ0n) is 12.5. The van der Waals surface area contributed by atoms with E-state index in [0.29, 0.717) is 18.2 Å². The van der Waals surface area contributed by atoms with Crippen molar-refractivity contribution < 1.29 is 13.2 Å². The van der Waals surface area contributed by atoms with Crippen LogP contribution in [0.4, 0.5) is 5.69 Å². The van der Waals surface area contributed by atoms with E-state index in [1.807, 2.05) is 0 Å². The van der Waals surface area contributed by atoms with Gasteiger partial charge >= 0.3 is 0 Å². The molecular weight excluding hydrogens is 290 g/mol. The number of benzene rings is 1. The Bertz CT molecular complexity index is 628. The van der Waals surface area contributed by atoms with Crippen LogP contribution in [-0.4, -0.2) is 38.6 Å². The summed E-state index contributed by atoms with van der Waals surface area (Å²) in [5.41, 5.74) is 0.548. The van der Waals surface area contributed by atoms with Crippen molar-refractivity contribution in [3.8, 4) is 0 Å². The maximum absolute atomic E-state index is 12.8.